The first-order valence-corrected chi connectivity index (χ1v) is 8.16. The van der Waals surface area contributed by atoms with E-state index >= 15 is 0 Å². The molecule has 5 aliphatic carbocycles. The van der Waals surface area contributed by atoms with Crippen LogP contribution in [0.25, 0.3) is 0 Å². The molecule has 3 nitrogen and oxygen atoms in total. The minimum absolute atomic E-state index is 0.0209. The van der Waals surface area contributed by atoms with Gasteiger partial charge in [0.25, 0.3) is 0 Å². The largest absolute Gasteiger partial charge is 0.355 e. The molecule has 102 valence electrons. The van der Waals surface area contributed by atoms with Crippen molar-refractivity contribution < 1.29 is 4.74 Å². The molecule has 2 heterocycles. The molecule has 20 heavy (non-hydrogen) atoms. The number of nitrogens with one attached hydrogen (secondary N) is 2. The molecule has 3 heteroatoms. The first kappa shape index (κ1) is 9.80. The van der Waals surface area contributed by atoms with Gasteiger partial charge in [-0.3, -0.25) is 0 Å². The summed E-state index contributed by atoms with van der Waals surface area (Å²) in [6, 6.07) is 10.5. The molecule has 1 aromatic rings. The van der Waals surface area contributed by atoms with E-state index in [-0.39, 0.29) is 5.72 Å². The van der Waals surface area contributed by atoms with Crippen LogP contribution >= 0.6 is 0 Å². The van der Waals surface area contributed by atoms with Crippen LogP contribution in [0.5, 0.6) is 0 Å². The quantitative estimate of drug-likeness (QED) is 0.822. The van der Waals surface area contributed by atoms with Crippen molar-refractivity contribution in [3.63, 3.8) is 0 Å². The van der Waals surface area contributed by atoms with E-state index in [1.54, 1.807) is 0 Å². The van der Waals surface area contributed by atoms with Crippen molar-refractivity contribution in [1.29, 1.82) is 0 Å². The van der Waals surface area contributed by atoms with Crippen molar-refractivity contribution in [3.8, 4) is 0 Å². The summed E-state index contributed by atoms with van der Waals surface area (Å²) in [5.41, 5.74) is 8.24. The van der Waals surface area contributed by atoms with E-state index < -0.39 is 0 Å². The summed E-state index contributed by atoms with van der Waals surface area (Å²) >= 11 is 0. The Morgan fingerprint density at radius 3 is 2.75 bits per heavy atom. The number of ether oxygens (including phenoxy) is 1. The Morgan fingerprint density at radius 2 is 1.85 bits per heavy atom. The van der Waals surface area contributed by atoms with E-state index in [4.69, 9.17) is 4.74 Å². The van der Waals surface area contributed by atoms with Crippen molar-refractivity contribution in [2.24, 2.45) is 47.3 Å². The molecule has 7 aliphatic rings. The van der Waals surface area contributed by atoms with Gasteiger partial charge in [0.15, 0.2) is 0 Å². The number of hydrogen-bond donors (Lipinski definition) is 2. The third-order valence-corrected chi connectivity index (χ3v) is 7.88. The Balaban J connectivity index is 1.29. The van der Waals surface area contributed by atoms with E-state index in [2.05, 4.69) is 41.2 Å². The van der Waals surface area contributed by atoms with E-state index in [1.165, 1.54) is 6.42 Å². The predicted molar refractivity (Wildman–Crippen MR) is 73.3 cm³/mol. The summed E-state index contributed by atoms with van der Waals surface area (Å²) in [6.45, 7) is 0. The molecule has 8 rings (SSSR count). The minimum atomic E-state index is -0.0209. The van der Waals surface area contributed by atoms with Gasteiger partial charge in [-0.1, -0.05) is 18.2 Å². The third kappa shape index (κ3) is 0.709. The highest BCUT2D eigenvalue weighted by Gasteiger charge is 2.93. The number of para-hydroxylation sites is 1. The van der Waals surface area contributed by atoms with Crippen molar-refractivity contribution >= 4 is 5.69 Å². The SMILES string of the molecule is c1ccc(NN[C@]23O[C@@H]4[C@@H]5[C@H]6[C@@H]7C[C@H]([C@H]6[C@H]52)[C@@H]3[C@@H]74)cc1. The van der Waals surface area contributed by atoms with Gasteiger partial charge in [-0.2, -0.15) is 0 Å². The number of hydrogen-bond acceptors (Lipinski definition) is 3. The van der Waals surface area contributed by atoms with Gasteiger partial charge in [-0.05, 0) is 54.1 Å². The fourth-order valence-corrected chi connectivity index (χ4v) is 7.90. The lowest BCUT2D eigenvalue weighted by molar-refractivity contribution is -0.0521. The van der Waals surface area contributed by atoms with Gasteiger partial charge in [0.1, 0.15) is 5.72 Å². The number of anilines is 1. The summed E-state index contributed by atoms with van der Waals surface area (Å²) in [6.07, 6.45) is 2.13. The summed E-state index contributed by atoms with van der Waals surface area (Å²) in [5, 5.41) is 0. The lowest BCUT2D eigenvalue weighted by Crippen LogP contribution is -2.57. The Kier molecular flexibility index (Phi) is 1.31. The zero-order valence-corrected chi connectivity index (χ0v) is 11.2. The highest BCUT2D eigenvalue weighted by Crippen LogP contribution is 2.89. The van der Waals surface area contributed by atoms with Crippen molar-refractivity contribution in [2.75, 3.05) is 5.43 Å². The first-order chi connectivity index (χ1) is 9.90. The third-order valence-electron chi connectivity index (χ3n) is 7.88. The number of hydrazine groups is 1. The van der Waals surface area contributed by atoms with Crippen LogP contribution in [-0.4, -0.2) is 11.8 Å². The van der Waals surface area contributed by atoms with Crippen molar-refractivity contribution in [2.45, 2.75) is 18.2 Å². The maximum atomic E-state index is 6.60. The van der Waals surface area contributed by atoms with E-state index in [9.17, 15) is 0 Å². The van der Waals surface area contributed by atoms with Crippen LogP contribution in [-0.2, 0) is 4.74 Å². The normalized spacial score (nSPS) is 64.5. The smallest absolute Gasteiger partial charge is 0.142 e. The van der Waals surface area contributed by atoms with E-state index in [0.717, 1.165) is 53.0 Å². The summed E-state index contributed by atoms with van der Waals surface area (Å²) in [4.78, 5) is 0. The van der Waals surface area contributed by atoms with Crippen LogP contribution in [0, 0.1) is 47.3 Å². The van der Waals surface area contributed by atoms with Crippen LogP contribution in [0.3, 0.4) is 0 Å². The second-order valence-corrected chi connectivity index (χ2v) is 7.92. The van der Waals surface area contributed by atoms with Gasteiger partial charge in [0, 0.05) is 17.5 Å². The molecule has 0 aromatic heterocycles. The highest BCUT2D eigenvalue weighted by molar-refractivity contribution is 5.44. The molecule has 10 atom stereocenters. The van der Waals surface area contributed by atoms with E-state index in [1.807, 2.05) is 0 Å². The fraction of sp³-hybridized carbons (Fsp3) is 0.647. The topological polar surface area (TPSA) is 33.3 Å². The molecule has 0 radical (unpaired) electrons. The summed E-state index contributed by atoms with van der Waals surface area (Å²) in [5.74, 6) is 7.49. The second kappa shape index (κ2) is 2.67. The Bertz CT molecular complexity index is 623. The minimum Gasteiger partial charge on any atom is -0.355 e. The van der Waals surface area contributed by atoms with Crippen LogP contribution < -0.4 is 10.9 Å². The number of benzene rings is 1. The Morgan fingerprint density at radius 1 is 0.950 bits per heavy atom. The predicted octanol–water partition coefficient (Wildman–Crippen LogP) is 2.09. The molecular formula is C17H18N2O. The van der Waals surface area contributed by atoms with Gasteiger partial charge < -0.3 is 10.2 Å². The molecule has 4 bridgehead atoms. The van der Waals surface area contributed by atoms with Gasteiger partial charge in [-0.15, -0.1) is 0 Å². The molecule has 1 aromatic carbocycles. The molecule has 5 saturated carbocycles. The lowest BCUT2D eigenvalue weighted by atomic mass is 9.59. The molecule has 0 spiro atoms. The van der Waals surface area contributed by atoms with Crippen molar-refractivity contribution in [1.82, 2.24) is 5.43 Å². The van der Waals surface area contributed by atoms with Crippen LogP contribution in [0.1, 0.15) is 6.42 Å². The second-order valence-electron chi connectivity index (χ2n) is 7.92. The maximum Gasteiger partial charge on any atom is 0.142 e. The molecule has 2 aliphatic heterocycles. The van der Waals surface area contributed by atoms with E-state index in [0.29, 0.717) is 6.10 Å². The monoisotopic (exact) mass is 266 g/mol. The maximum absolute atomic E-state index is 6.60. The summed E-state index contributed by atoms with van der Waals surface area (Å²) < 4.78 is 6.60. The zero-order valence-electron chi connectivity index (χ0n) is 11.2. The number of rotatable bonds is 3. The van der Waals surface area contributed by atoms with Crippen LogP contribution in [0.2, 0.25) is 0 Å². The Hall–Kier alpha value is -1.06. The molecule has 0 amide bonds. The van der Waals surface area contributed by atoms with Gasteiger partial charge >= 0.3 is 0 Å². The van der Waals surface area contributed by atoms with Crippen LogP contribution in [0.4, 0.5) is 5.69 Å². The summed E-state index contributed by atoms with van der Waals surface area (Å²) in [7, 11) is 0. The molecule has 0 unspecified atom stereocenters. The average Bonchev–Trinajstić information content (AvgIpc) is 3.10. The van der Waals surface area contributed by atoms with Gasteiger partial charge in [-0.25, -0.2) is 5.43 Å². The first-order valence-electron chi connectivity index (χ1n) is 8.16. The standard InChI is InChI=1S/C17H18N2O/c1-2-4-7(5-3-1)18-19-17-14-9-6-8-10-11(9)15(17)13(10)16(20-17)12(8)14/h1-5,8-16,18-19H,6H2/t8-,9+,10-,11+,12+,13+,14+,15+,16-,17+/m0/s1. The molecule has 2 saturated heterocycles. The van der Waals surface area contributed by atoms with Crippen LogP contribution in [0.15, 0.2) is 30.3 Å². The zero-order chi connectivity index (χ0) is 12.6. The fourth-order valence-electron chi connectivity index (χ4n) is 7.90. The molecule has 7 fully saturated rings. The molecular weight excluding hydrogens is 248 g/mol. The molecule has 2 N–H and O–H groups in total. The van der Waals surface area contributed by atoms with Crippen molar-refractivity contribution in [3.05, 3.63) is 30.3 Å². The van der Waals surface area contributed by atoms with Gasteiger partial charge in [0.05, 0.1) is 6.10 Å². The van der Waals surface area contributed by atoms with Gasteiger partial charge in [0.2, 0.25) is 0 Å². The highest BCUT2D eigenvalue weighted by atomic mass is 16.5. The average molecular weight is 266 g/mol. The lowest BCUT2D eigenvalue weighted by Gasteiger charge is -2.45. The Labute approximate surface area is 118 Å².